The lowest BCUT2D eigenvalue weighted by Gasteiger charge is -2.08. The van der Waals surface area contributed by atoms with Gasteiger partial charge in [-0.2, -0.15) is 0 Å². The van der Waals surface area contributed by atoms with Crippen LogP contribution in [0.2, 0.25) is 0 Å². The molecule has 1 aliphatic rings. The third-order valence-corrected chi connectivity index (χ3v) is 6.40. The molecule has 1 amide bonds. The highest BCUT2D eigenvalue weighted by Crippen LogP contribution is 2.21. The number of rotatable bonds is 5. The second kappa shape index (κ2) is 7.17. The van der Waals surface area contributed by atoms with Gasteiger partial charge < -0.3 is 9.73 Å². The number of nitrogens with one attached hydrogen (secondary N) is 1. The molecule has 9 heteroatoms. The van der Waals surface area contributed by atoms with E-state index in [1.807, 2.05) is 19.9 Å². The van der Waals surface area contributed by atoms with E-state index in [1.165, 1.54) is 11.8 Å². The topological polar surface area (TPSA) is 102 Å². The Morgan fingerprint density at radius 2 is 2.04 bits per heavy atom. The standard InChI is InChI=1S/C16H19N3O4S2/c1-10-7-11(2)18-16(17-10)24-8-13-3-4-14(23-13)15(20)19-12-5-6-25(21,22)9-12/h3-4,7,12H,5-6,8-9H2,1-2H3,(H,19,20)/t12-/m1/s1. The lowest BCUT2D eigenvalue weighted by Crippen LogP contribution is -2.35. The summed E-state index contributed by atoms with van der Waals surface area (Å²) < 4.78 is 28.4. The van der Waals surface area contributed by atoms with Crippen LogP contribution in [0, 0.1) is 13.8 Å². The predicted octanol–water partition coefficient (Wildman–Crippen LogP) is 1.90. The number of amides is 1. The van der Waals surface area contributed by atoms with Gasteiger partial charge in [0.25, 0.3) is 5.91 Å². The Balaban J connectivity index is 1.57. The maximum Gasteiger partial charge on any atom is 0.287 e. The summed E-state index contributed by atoms with van der Waals surface area (Å²) in [6.45, 7) is 3.83. The largest absolute Gasteiger partial charge is 0.455 e. The zero-order chi connectivity index (χ0) is 18.0. The first-order chi connectivity index (χ1) is 11.8. The molecule has 0 bridgehead atoms. The number of thioether (sulfide) groups is 1. The predicted molar refractivity (Wildman–Crippen MR) is 94.3 cm³/mol. The van der Waals surface area contributed by atoms with Gasteiger partial charge in [0.15, 0.2) is 20.8 Å². The zero-order valence-corrected chi connectivity index (χ0v) is 15.6. The Hall–Kier alpha value is -1.87. The quantitative estimate of drug-likeness (QED) is 0.623. The second-order valence-corrected chi connectivity index (χ2v) is 9.23. The molecule has 1 atom stereocenters. The van der Waals surface area contributed by atoms with E-state index in [-0.39, 0.29) is 29.2 Å². The molecule has 1 aliphatic heterocycles. The van der Waals surface area contributed by atoms with Crippen LogP contribution in [0.25, 0.3) is 0 Å². The fourth-order valence-corrected chi connectivity index (χ4v) is 5.15. The van der Waals surface area contributed by atoms with Gasteiger partial charge in [-0.15, -0.1) is 0 Å². The molecular formula is C16H19N3O4S2. The van der Waals surface area contributed by atoms with Crippen LogP contribution < -0.4 is 5.32 Å². The second-order valence-electron chi connectivity index (χ2n) is 6.06. The van der Waals surface area contributed by atoms with Crippen LogP contribution in [0.5, 0.6) is 0 Å². The summed E-state index contributed by atoms with van der Waals surface area (Å²) in [6.07, 6.45) is 0.446. The number of nitrogens with zero attached hydrogens (tertiary/aromatic N) is 2. The number of furan rings is 1. The van der Waals surface area contributed by atoms with Crippen molar-refractivity contribution in [1.29, 1.82) is 0 Å². The summed E-state index contributed by atoms with van der Waals surface area (Å²) in [5.41, 5.74) is 1.81. The molecule has 2 aromatic heterocycles. The molecule has 3 heterocycles. The Kier molecular flexibility index (Phi) is 5.14. The fourth-order valence-electron chi connectivity index (χ4n) is 2.64. The molecule has 7 nitrogen and oxygen atoms in total. The van der Waals surface area contributed by atoms with Crippen LogP contribution in [0.1, 0.15) is 34.1 Å². The van der Waals surface area contributed by atoms with E-state index in [0.29, 0.717) is 23.1 Å². The van der Waals surface area contributed by atoms with Gasteiger partial charge in [0, 0.05) is 17.4 Å². The SMILES string of the molecule is Cc1cc(C)nc(SCc2ccc(C(=O)N[C@@H]3CCS(=O)(=O)C3)o2)n1. The molecule has 0 aliphatic carbocycles. The van der Waals surface area contributed by atoms with Crippen molar-refractivity contribution in [1.82, 2.24) is 15.3 Å². The first-order valence-corrected chi connectivity index (χ1v) is 10.7. The van der Waals surface area contributed by atoms with E-state index < -0.39 is 9.84 Å². The molecule has 1 N–H and O–H groups in total. The minimum atomic E-state index is -3.03. The summed E-state index contributed by atoms with van der Waals surface area (Å²) in [5.74, 6) is 1.05. The first-order valence-electron chi connectivity index (χ1n) is 7.86. The van der Waals surface area contributed by atoms with Crippen molar-refractivity contribution in [2.24, 2.45) is 0 Å². The highest BCUT2D eigenvalue weighted by Gasteiger charge is 2.29. The first kappa shape index (κ1) is 17.9. The highest BCUT2D eigenvalue weighted by molar-refractivity contribution is 7.98. The summed E-state index contributed by atoms with van der Waals surface area (Å²) in [7, 11) is -3.03. The fraction of sp³-hybridized carbons (Fsp3) is 0.438. The van der Waals surface area contributed by atoms with Gasteiger partial charge >= 0.3 is 0 Å². The Labute approximate surface area is 150 Å². The summed E-state index contributed by atoms with van der Waals surface area (Å²) in [6, 6.07) is 4.89. The Morgan fingerprint density at radius 3 is 2.68 bits per heavy atom. The van der Waals surface area contributed by atoms with Crippen LogP contribution >= 0.6 is 11.8 Å². The number of hydrogen-bond donors (Lipinski definition) is 1. The molecule has 25 heavy (non-hydrogen) atoms. The Morgan fingerprint density at radius 1 is 1.32 bits per heavy atom. The Bertz CT molecular complexity index is 872. The zero-order valence-electron chi connectivity index (χ0n) is 14.0. The van der Waals surface area contributed by atoms with Crippen LogP contribution in [-0.2, 0) is 15.6 Å². The van der Waals surface area contributed by atoms with E-state index in [0.717, 1.165) is 11.4 Å². The van der Waals surface area contributed by atoms with Crippen LogP contribution in [0.4, 0.5) is 0 Å². The maximum atomic E-state index is 12.2. The van der Waals surface area contributed by atoms with Crippen molar-refractivity contribution in [3.8, 4) is 0 Å². The minimum absolute atomic E-state index is 0.00773. The molecule has 0 unspecified atom stereocenters. The number of sulfone groups is 1. The lowest BCUT2D eigenvalue weighted by molar-refractivity contribution is 0.0911. The average Bonchev–Trinajstić information content (AvgIpc) is 3.11. The highest BCUT2D eigenvalue weighted by atomic mass is 32.2. The number of aryl methyl sites for hydroxylation is 2. The molecule has 134 valence electrons. The summed E-state index contributed by atoms with van der Waals surface area (Å²) in [5, 5.41) is 3.37. The molecule has 0 radical (unpaired) electrons. The summed E-state index contributed by atoms with van der Waals surface area (Å²) >= 11 is 1.43. The molecule has 1 saturated heterocycles. The number of carbonyl (C=O) groups is 1. The van der Waals surface area contributed by atoms with Crippen LogP contribution in [0.3, 0.4) is 0 Å². The summed E-state index contributed by atoms with van der Waals surface area (Å²) in [4.78, 5) is 20.9. The van der Waals surface area contributed by atoms with Gasteiger partial charge in [-0.05, 0) is 38.5 Å². The van der Waals surface area contributed by atoms with E-state index in [9.17, 15) is 13.2 Å². The number of carbonyl (C=O) groups excluding carboxylic acids is 1. The van der Waals surface area contributed by atoms with Crippen molar-refractivity contribution in [3.05, 3.63) is 41.1 Å². The molecule has 0 aromatic carbocycles. The third kappa shape index (κ3) is 4.82. The normalized spacial score (nSPS) is 19.0. The average molecular weight is 381 g/mol. The van der Waals surface area contributed by atoms with Crippen molar-refractivity contribution in [3.63, 3.8) is 0 Å². The molecule has 2 aromatic rings. The lowest BCUT2D eigenvalue weighted by atomic mass is 10.2. The molecular weight excluding hydrogens is 362 g/mol. The van der Waals surface area contributed by atoms with Crippen LogP contribution in [0.15, 0.2) is 27.8 Å². The maximum absolute atomic E-state index is 12.2. The molecule has 0 saturated carbocycles. The van der Waals surface area contributed by atoms with E-state index in [4.69, 9.17) is 4.42 Å². The number of aromatic nitrogens is 2. The van der Waals surface area contributed by atoms with Gasteiger partial charge in [-0.25, -0.2) is 18.4 Å². The minimum Gasteiger partial charge on any atom is -0.455 e. The van der Waals surface area contributed by atoms with Gasteiger partial charge in [-0.3, -0.25) is 4.79 Å². The van der Waals surface area contributed by atoms with Crippen LogP contribution in [-0.4, -0.2) is 41.8 Å². The van der Waals surface area contributed by atoms with Gasteiger partial charge in [0.1, 0.15) is 5.76 Å². The monoisotopic (exact) mass is 381 g/mol. The third-order valence-electron chi connectivity index (χ3n) is 3.76. The molecule has 0 spiro atoms. The van der Waals surface area contributed by atoms with E-state index in [1.54, 1.807) is 12.1 Å². The van der Waals surface area contributed by atoms with Gasteiger partial charge in [-0.1, -0.05) is 11.8 Å². The van der Waals surface area contributed by atoms with Crippen molar-refractivity contribution < 1.29 is 17.6 Å². The van der Waals surface area contributed by atoms with Crippen molar-refractivity contribution in [2.45, 2.75) is 37.2 Å². The van der Waals surface area contributed by atoms with Gasteiger partial charge in [0.2, 0.25) is 0 Å². The van der Waals surface area contributed by atoms with Gasteiger partial charge in [0.05, 0.1) is 17.3 Å². The molecule has 3 rings (SSSR count). The van der Waals surface area contributed by atoms with Crippen molar-refractivity contribution >= 4 is 27.5 Å². The van der Waals surface area contributed by atoms with E-state index in [2.05, 4.69) is 15.3 Å². The molecule has 1 fully saturated rings. The smallest absolute Gasteiger partial charge is 0.287 e. The van der Waals surface area contributed by atoms with E-state index >= 15 is 0 Å². The number of hydrogen-bond acceptors (Lipinski definition) is 7. The van der Waals surface area contributed by atoms with Crippen molar-refractivity contribution in [2.75, 3.05) is 11.5 Å².